The van der Waals surface area contributed by atoms with Crippen LogP contribution in [0.5, 0.6) is 0 Å². The highest BCUT2D eigenvalue weighted by Gasteiger charge is 2.37. The van der Waals surface area contributed by atoms with Gasteiger partial charge in [-0.3, -0.25) is 14.9 Å². The smallest absolute Gasteiger partial charge is 0.405 e. The molecule has 4 aromatic rings. The van der Waals surface area contributed by atoms with E-state index in [4.69, 9.17) is 4.98 Å². The molecule has 0 aliphatic carbocycles. The number of likely N-dealkylation sites (tertiary alicyclic amines) is 1. The van der Waals surface area contributed by atoms with Crippen molar-refractivity contribution < 1.29 is 24.3 Å². The van der Waals surface area contributed by atoms with Crippen LogP contribution in [0.15, 0.2) is 48.7 Å². The van der Waals surface area contributed by atoms with Gasteiger partial charge in [0.2, 0.25) is 11.8 Å². The molecule has 0 saturated carbocycles. The predicted molar refractivity (Wildman–Crippen MR) is 174 cm³/mol. The Labute approximate surface area is 269 Å². The van der Waals surface area contributed by atoms with Crippen molar-refractivity contribution in [3.05, 3.63) is 54.5 Å². The van der Waals surface area contributed by atoms with Gasteiger partial charge in [0.1, 0.15) is 16.9 Å². The van der Waals surface area contributed by atoms with Crippen LogP contribution in [0, 0.1) is 5.92 Å². The third kappa shape index (κ3) is 6.72. The molecule has 5 amide bonds. The first kappa shape index (κ1) is 31.2. The number of carboxylic acid groups (broad SMARTS) is 1. The minimum absolute atomic E-state index is 0.188. The summed E-state index contributed by atoms with van der Waals surface area (Å²) in [5, 5.41) is 20.6. The molecule has 14 heteroatoms. The number of imidazole rings is 1. The number of amides is 5. The first-order valence-electron chi connectivity index (χ1n) is 15.4. The zero-order valence-corrected chi connectivity index (χ0v) is 26.3. The molecule has 46 heavy (non-hydrogen) atoms. The summed E-state index contributed by atoms with van der Waals surface area (Å²) >= 11 is 1.50. The Balaban J connectivity index is 1.12. The summed E-state index contributed by atoms with van der Waals surface area (Å²) in [5.74, 6) is -0.0818. The molecular formula is C32H36N8O5S. The van der Waals surface area contributed by atoms with E-state index < -0.39 is 18.2 Å². The monoisotopic (exact) mass is 644 g/mol. The molecule has 6 N–H and O–H groups in total. The summed E-state index contributed by atoms with van der Waals surface area (Å²) in [6, 6.07) is 11.4. The Hall–Kier alpha value is -4.82. The van der Waals surface area contributed by atoms with E-state index in [-0.39, 0.29) is 29.8 Å². The van der Waals surface area contributed by atoms with E-state index in [0.717, 1.165) is 57.9 Å². The molecule has 240 valence electrons. The molecular weight excluding hydrogens is 608 g/mol. The molecule has 0 spiro atoms. The van der Waals surface area contributed by atoms with E-state index in [1.165, 1.54) is 11.3 Å². The number of nitrogens with one attached hydrogen (secondary N) is 5. The Morgan fingerprint density at radius 3 is 2.54 bits per heavy atom. The number of hydrogen-bond acceptors (Lipinski definition) is 8. The van der Waals surface area contributed by atoms with Gasteiger partial charge in [-0.05, 0) is 61.9 Å². The second kappa shape index (κ2) is 13.3. The van der Waals surface area contributed by atoms with E-state index >= 15 is 0 Å². The second-order valence-electron chi connectivity index (χ2n) is 11.9. The topological polar surface area (TPSA) is 181 Å². The number of imide groups is 1. The zero-order chi connectivity index (χ0) is 32.4. The average molecular weight is 645 g/mol. The molecule has 0 radical (unpaired) electrons. The fourth-order valence-corrected chi connectivity index (χ4v) is 6.99. The molecule has 2 aliphatic rings. The lowest BCUT2D eigenvalue weighted by Gasteiger charge is -2.29. The van der Waals surface area contributed by atoms with Crippen LogP contribution in [0.1, 0.15) is 51.4 Å². The van der Waals surface area contributed by atoms with Crippen molar-refractivity contribution in [2.75, 3.05) is 18.4 Å². The van der Waals surface area contributed by atoms with E-state index in [0.29, 0.717) is 24.5 Å². The Morgan fingerprint density at radius 1 is 1.04 bits per heavy atom. The van der Waals surface area contributed by atoms with Crippen LogP contribution in [0.2, 0.25) is 0 Å². The van der Waals surface area contributed by atoms with Gasteiger partial charge >= 0.3 is 12.1 Å². The summed E-state index contributed by atoms with van der Waals surface area (Å²) in [6.07, 6.45) is 3.71. The van der Waals surface area contributed by atoms with Gasteiger partial charge in [-0.25, -0.2) is 19.6 Å². The number of benzene rings is 2. The number of thiazole rings is 1. The van der Waals surface area contributed by atoms with Gasteiger partial charge in [-0.15, -0.1) is 11.3 Å². The first-order chi connectivity index (χ1) is 22.2. The van der Waals surface area contributed by atoms with E-state index in [1.54, 1.807) is 17.2 Å². The number of hydrogen-bond donors (Lipinski definition) is 6. The van der Waals surface area contributed by atoms with Gasteiger partial charge in [0.15, 0.2) is 0 Å². The number of aromatic amines is 1. The van der Waals surface area contributed by atoms with Gasteiger partial charge in [0.25, 0.3) is 0 Å². The van der Waals surface area contributed by atoms with Crippen LogP contribution < -0.4 is 21.3 Å². The molecule has 2 aromatic heterocycles. The van der Waals surface area contributed by atoms with Crippen LogP contribution >= 0.6 is 11.3 Å². The van der Waals surface area contributed by atoms with Crippen LogP contribution in [0.3, 0.4) is 0 Å². The lowest BCUT2D eigenvalue weighted by molar-refractivity contribution is -0.135. The number of aromatic nitrogens is 3. The number of rotatable bonds is 8. The highest BCUT2D eigenvalue weighted by Crippen LogP contribution is 2.35. The molecule has 2 saturated heterocycles. The fourth-order valence-electron chi connectivity index (χ4n) is 5.98. The highest BCUT2D eigenvalue weighted by molar-refractivity contribution is 7.21. The number of H-pyrrole nitrogens is 1. The molecule has 1 unspecified atom stereocenters. The standard InChI is InChI=1S/C32H36N8O5S/c1-17(2)26(38-32(44)45)30(42)40-14-4-6-24(40)27-34-16-23(36-27)18-7-9-19(10-8-18)29-37-21-12-11-20(15-25(21)46-29)35-31(43)39-28(41)22-5-3-13-33-22/h7-12,15-17,22,24,26,33,38H,3-6,13-14H2,1-2H3,(H,34,36)(H,44,45)(H2,35,39,41,43)/t22-,24-,26?/m0/s1. The number of carbonyl (C=O) groups excluding carboxylic acids is 3. The predicted octanol–water partition coefficient (Wildman–Crippen LogP) is 4.71. The van der Waals surface area contributed by atoms with E-state index in [2.05, 4.69) is 31.2 Å². The minimum atomic E-state index is -1.22. The van der Waals surface area contributed by atoms with Gasteiger partial charge in [-0.1, -0.05) is 38.1 Å². The van der Waals surface area contributed by atoms with Crippen molar-refractivity contribution in [1.29, 1.82) is 0 Å². The summed E-state index contributed by atoms with van der Waals surface area (Å²) in [5.41, 5.74) is 4.04. The molecule has 4 heterocycles. The number of anilines is 1. The number of fused-ring (bicyclic) bond motifs is 1. The van der Waals surface area contributed by atoms with Crippen LogP contribution in [-0.2, 0) is 9.59 Å². The Kier molecular flexibility index (Phi) is 8.99. The van der Waals surface area contributed by atoms with Gasteiger partial charge in [-0.2, -0.15) is 0 Å². The van der Waals surface area contributed by atoms with Crippen molar-refractivity contribution in [3.8, 4) is 21.8 Å². The molecule has 3 atom stereocenters. The SMILES string of the molecule is CC(C)C(NC(=O)O)C(=O)N1CCC[C@H]1c1ncc(-c2ccc(-c3nc4ccc(NC(=O)NC(=O)[C@@H]5CCCN5)cc4s3)cc2)[nH]1. The van der Waals surface area contributed by atoms with E-state index in [1.807, 2.05) is 50.2 Å². The number of carbonyl (C=O) groups is 4. The molecule has 2 aliphatic heterocycles. The third-order valence-corrected chi connectivity index (χ3v) is 9.43. The zero-order valence-electron chi connectivity index (χ0n) is 25.5. The molecule has 13 nitrogen and oxygen atoms in total. The van der Waals surface area contributed by atoms with Crippen LogP contribution in [0.25, 0.3) is 32.0 Å². The highest BCUT2D eigenvalue weighted by atomic mass is 32.1. The quantitative estimate of drug-likeness (QED) is 0.159. The van der Waals surface area contributed by atoms with E-state index in [9.17, 15) is 24.3 Å². The largest absolute Gasteiger partial charge is 0.465 e. The van der Waals surface area contributed by atoms with Gasteiger partial charge in [0.05, 0.1) is 34.2 Å². The van der Waals surface area contributed by atoms with Crippen molar-refractivity contribution in [2.24, 2.45) is 5.92 Å². The van der Waals surface area contributed by atoms with Crippen molar-refractivity contribution in [1.82, 2.24) is 35.8 Å². The first-order valence-corrected chi connectivity index (χ1v) is 16.2. The number of urea groups is 1. The lowest BCUT2D eigenvalue weighted by atomic mass is 10.0. The Bertz CT molecular complexity index is 1760. The molecule has 2 fully saturated rings. The van der Waals surface area contributed by atoms with Crippen molar-refractivity contribution >= 4 is 51.2 Å². The van der Waals surface area contributed by atoms with Gasteiger partial charge < -0.3 is 30.9 Å². The summed E-state index contributed by atoms with van der Waals surface area (Å²) in [4.78, 5) is 63.6. The van der Waals surface area contributed by atoms with Crippen LogP contribution in [0.4, 0.5) is 15.3 Å². The minimum Gasteiger partial charge on any atom is -0.465 e. The molecule has 6 rings (SSSR count). The average Bonchev–Trinajstić information content (AvgIpc) is 3.85. The van der Waals surface area contributed by atoms with Crippen molar-refractivity contribution in [2.45, 2.75) is 57.7 Å². The van der Waals surface area contributed by atoms with Crippen LogP contribution in [-0.4, -0.2) is 74.1 Å². The number of nitrogens with zero attached hydrogens (tertiary/aromatic N) is 3. The fraction of sp³-hybridized carbons (Fsp3) is 0.375. The summed E-state index contributed by atoms with van der Waals surface area (Å²) in [6.45, 7) is 4.96. The molecule has 2 aromatic carbocycles. The normalized spacial score (nSPS) is 18.5. The summed E-state index contributed by atoms with van der Waals surface area (Å²) < 4.78 is 0.896. The Morgan fingerprint density at radius 2 is 1.83 bits per heavy atom. The third-order valence-electron chi connectivity index (χ3n) is 8.36. The van der Waals surface area contributed by atoms with Gasteiger partial charge in [0, 0.05) is 17.8 Å². The summed E-state index contributed by atoms with van der Waals surface area (Å²) in [7, 11) is 0. The second-order valence-corrected chi connectivity index (χ2v) is 12.9. The maximum absolute atomic E-state index is 13.3. The molecule has 0 bridgehead atoms. The maximum atomic E-state index is 13.3. The maximum Gasteiger partial charge on any atom is 0.405 e. The lowest BCUT2D eigenvalue weighted by Crippen LogP contribution is -2.50. The van der Waals surface area contributed by atoms with Crippen molar-refractivity contribution in [3.63, 3.8) is 0 Å².